The summed E-state index contributed by atoms with van der Waals surface area (Å²) in [4.78, 5) is 62.2. The van der Waals surface area contributed by atoms with Gasteiger partial charge in [0.25, 0.3) is 5.91 Å². The summed E-state index contributed by atoms with van der Waals surface area (Å²) in [5.41, 5.74) is -1.18. The average molecular weight is 988 g/mol. The van der Waals surface area contributed by atoms with Gasteiger partial charge in [0.1, 0.15) is 30.0 Å². The van der Waals surface area contributed by atoms with E-state index in [0.717, 1.165) is 34.6 Å². The zero-order valence-corrected chi connectivity index (χ0v) is 39.9. The first kappa shape index (κ1) is 51.5. The molecule has 3 aromatic carbocycles. The van der Waals surface area contributed by atoms with Gasteiger partial charge in [-0.15, -0.1) is 0 Å². The molecule has 1 aliphatic carbocycles. The van der Waals surface area contributed by atoms with Gasteiger partial charge >= 0.3 is 6.18 Å². The Morgan fingerprint density at radius 3 is 2.30 bits per heavy atom. The Kier molecular flexibility index (Phi) is 16.3. The minimum atomic E-state index is -4.79. The molecule has 1 saturated carbocycles. The van der Waals surface area contributed by atoms with Crippen molar-refractivity contribution in [3.8, 4) is 23.1 Å². The number of aliphatic hydroxyl groups is 1. The normalized spacial score (nSPS) is 18.2. The Labute approximate surface area is 409 Å². The number of unbranched alkanes of at least 4 members (excludes halogenated alkanes) is 1. The molecule has 4 amide bonds. The first-order valence-electron chi connectivity index (χ1n) is 23.1. The van der Waals surface area contributed by atoms with E-state index in [1.54, 1.807) is 41.4 Å². The van der Waals surface area contributed by atoms with Crippen molar-refractivity contribution in [3.63, 3.8) is 0 Å². The molecule has 3 aliphatic rings. The van der Waals surface area contributed by atoms with E-state index in [-0.39, 0.29) is 43.5 Å². The molecule has 7 rings (SSSR count). The second-order valence-electron chi connectivity index (χ2n) is 18.6. The number of rotatable bonds is 20. The summed E-state index contributed by atoms with van der Waals surface area (Å²) in [7, 11) is 0. The SMILES string of the molecule is CC(C)(C)C(NC(=O)COCCCOCCCCOc1ccc(N2C(=S)N(c3ccc(C#N)c(C(F)(F)F)c3)C(=O)C23CCC3)cc1)C(=O)N1C[C@H](O)C[C@H]1C(=O)NCc1ccc(-c2cnco2)cc1. The number of anilines is 2. The van der Waals surface area contributed by atoms with E-state index in [1.165, 1.54) is 17.4 Å². The Morgan fingerprint density at radius 2 is 1.66 bits per heavy atom. The number of oxazole rings is 1. The van der Waals surface area contributed by atoms with Crippen LogP contribution in [0.1, 0.15) is 82.4 Å². The molecule has 0 bridgehead atoms. The number of hydrogen-bond donors (Lipinski definition) is 3. The van der Waals surface area contributed by atoms with Gasteiger partial charge in [0.05, 0.1) is 41.8 Å². The molecule has 1 aromatic heterocycles. The number of amides is 4. The smallest absolute Gasteiger partial charge is 0.417 e. The number of nitriles is 1. The van der Waals surface area contributed by atoms with E-state index < -0.39 is 70.1 Å². The van der Waals surface area contributed by atoms with Gasteiger partial charge in [0.2, 0.25) is 17.7 Å². The van der Waals surface area contributed by atoms with E-state index in [0.29, 0.717) is 69.1 Å². The molecule has 1 unspecified atom stereocenters. The number of likely N-dealkylation sites (tertiary alicyclic amines) is 1. The predicted molar refractivity (Wildman–Crippen MR) is 254 cm³/mol. The number of aromatic nitrogens is 1. The number of thiocarbonyl (C=S) groups is 1. The van der Waals surface area contributed by atoms with Crippen molar-refractivity contribution in [2.45, 2.75) is 102 Å². The maximum Gasteiger partial charge on any atom is 0.417 e. The fourth-order valence-electron chi connectivity index (χ4n) is 8.70. The largest absolute Gasteiger partial charge is 0.494 e. The lowest BCUT2D eigenvalue weighted by Gasteiger charge is -2.43. The summed E-state index contributed by atoms with van der Waals surface area (Å²) >= 11 is 5.72. The molecule has 3 N–H and O–H groups in total. The summed E-state index contributed by atoms with van der Waals surface area (Å²) < 4.78 is 63.9. The standard InChI is InChI=1S/C50H56F3N7O9S/c1-48(2,3)43(45(64)58-29-37(61)25-40(58)44(63)56-27-32-8-10-33(11-9-32)41-28-55-31-69-41)57-42(62)30-67-22-7-21-66-20-4-5-23-68-38-16-14-35(15-17-38)60-47(70)59(46(65)49(60)18-6-19-49)36-13-12-34(26-54)39(24-36)50(51,52)53/h8-17,24,28,31,37,40,43,61H,4-7,18-23,25,27,29-30H2,1-3H3,(H,56,63)(H,57,62)/t37-,40+,43?/m1/s1. The second-order valence-corrected chi connectivity index (χ2v) is 19.0. The number of aliphatic hydroxyl groups excluding tert-OH is 1. The highest BCUT2D eigenvalue weighted by Gasteiger charge is 2.59. The first-order chi connectivity index (χ1) is 33.4. The Hall–Kier alpha value is -6.40. The van der Waals surface area contributed by atoms with Crippen LogP contribution in [0.5, 0.6) is 5.75 Å². The average Bonchev–Trinajstić information content (AvgIpc) is 4.05. The van der Waals surface area contributed by atoms with Gasteiger partial charge in [-0.05, 0) is 104 Å². The van der Waals surface area contributed by atoms with Crippen LogP contribution in [0, 0.1) is 16.7 Å². The second kappa shape index (κ2) is 22.1. The number of alkyl halides is 3. The van der Waals surface area contributed by atoms with E-state index in [4.69, 9.17) is 30.8 Å². The predicted octanol–water partition coefficient (Wildman–Crippen LogP) is 6.68. The molecule has 70 heavy (non-hydrogen) atoms. The van der Waals surface area contributed by atoms with Gasteiger partial charge in [-0.1, -0.05) is 45.0 Å². The zero-order valence-electron chi connectivity index (χ0n) is 39.1. The van der Waals surface area contributed by atoms with Gasteiger partial charge in [-0.3, -0.25) is 24.1 Å². The number of β-amino-alcohol motifs (C(OH)–C–C–N with tert-alkyl or cyclic N) is 1. The fourth-order valence-corrected chi connectivity index (χ4v) is 9.17. The van der Waals surface area contributed by atoms with Crippen molar-refractivity contribution >= 4 is 52.3 Å². The molecule has 4 aromatic rings. The molecule has 16 nitrogen and oxygen atoms in total. The maximum atomic E-state index is 13.9. The number of nitrogens with zero attached hydrogens (tertiary/aromatic N) is 5. The number of carbonyl (C=O) groups excluding carboxylic acids is 4. The third-order valence-electron chi connectivity index (χ3n) is 12.6. The molecular formula is C50H56F3N7O9S. The fraction of sp³-hybridized carbons (Fsp3) is 0.460. The highest BCUT2D eigenvalue weighted by atomic mass is 32.1. The number of hydrogen-bond acceptors (Lipinski definition) is 12. The van der Waals surface area contributed by atoms with E-state index >= 15 is 0 Å². The summed E-state index contributed by atoms with van der Waals surface area (Å²) in [5, 5.41) is 25.5. The highest BCUT2D eigenvalue weighted by Crippen LogP contribution is 2.48. The van der Waals surface area contributed by atoms with Crippen molar-refractivity contribution in [2.75, 3.05) is 49.4 Å². The quantitative estimate of drug-likeness (QED) is 0.0626. The van der Waals surface area contributed by atoms with Crippen LogP contribution in [0.2, 0.25) is 0 Å². The van der Waals surface area contributed by atoms with E-state index in [2.05, 4.69) is 15.6 Å². The van der Waals surface area contributed by atoms with Crippen molar-refractivity contribution in [3.05, 3.63) is 96.0 Å². The summed E-state index contributed by atoms with van der Waals surface area (Å²) in [6.45, 7) is 6.83. The molecule has 1 spiro atoms. The van der Waals surface area contributed by atoms with Crippen LogP contribution >= 0.6 is 12.2 Å². The number of carbonyl (C=O) groups is 4. The highest BCUT2D eigenvalue weighted by molar-refractivity contribution is 7.81. The van der Waals surface area contributed by atoms with Gasteiger partial charge in [0, 0.05) is 50.6 Å². The van der Waals surface area contributed by atoms with Crippen LogP contribution in [-0.4, -0.2) is 107 Å². The lowest BCUT2D eigenvalue weighted by Crippen LogP contribution is -2.58. The van der Waals surface area contributed by atoms with Crippen LogP contribution in [0.3, 0.4) is 0 Å². The molecule has 2 aliphatic heterocycles. The molecule has 3 heterocycles. The summed E-state index contributed by atoms with van der Waals surface area (Å²) in [5.74, 6) is -0.571. The number of ether oxygens (including phenoxy) is 3. The minimum Gasteiger partial charge on any atom is -0.494 e. The minimum absolute atomic E-state index is 0.0440. The van der Waals surface area contributed by atoms with Gasteiger partial charge < -0.3 is 44.2 Å². The van der Waals surface area contributed by atoms with Crippen molar-refractivity contribution in [1.29, 1.82) is 5.26 Å². The Morgan fingerprint density at radius 1 is 0.971 bits per heavy atom. The number of nitrogens with one attached hydrogen (secondary N) is 2. The van der Waals surface area contributed by atoms with Crippen LogP contribution in [0.25, 0.3) is 11.3 Å². The van der Waals surface area contributed by atoms with Gasteiger partial charge in [-0.25, -0.2) is 4.98 Å². The lowest BCUT2D eigenvalue weighted by atomic mass is 9.75. The van der Waals surface area contributed by atoms with Gasteiger partial charge in [-0.2, -0.15) is 18.4 Å². The van der Waals surface area contributed by atoms with Crippen molar-refractivity contribution in [1.82, 2.24) is 20.5 Å². The van der Waals surface area contributed by atoms with E-state index in [1.807, 2.05) is 45.0 Å². The molecule has 3 atom stereocenters. The van der Waals surface area contributed by atoms with Crippen LogP contribution in [-0.2, 0) is 41.4 Å². The Balaban J connectivity index is 0.783. The van der Waals surface area contributed by atoms with Crippen molar-refractivity contribution < 1.29 is 56.1 Å². The topological polar surface area (TPSA) is 200 Å². The Bertz CT molecular complexity index is 2540. The van der Waals surface area contributed by atoms with Gasteiger partial charge in [0.15, 0.2) is 17.3 Å². The maximum absolute atomic E-state index is 13.9. The summed E-state index contributed by atoms with van der Waals surface area (Å²) in [6.07, 6.45) is 0.999. The van der Waals surface area contributed by atoms with Crippen LogP contribution in [0.15, 0.2) is 83.7 Å². The molecule has 20 heteroatoms. The summed E-state index contributed by atoms with van der Waals surface area (Å²) in [6, 6.07) is 17.2. The first-order valence-corrected chi connectivity index (χ1v) is 23.5. The monoisotopic (exact) mass is 987 g/mol. The number of benzene rings is 3. The molecule has 372 valence electrons. The molecule has 0 radical (unpaired) electrons. The number of halogens is 3. The third-order valence-corrected chi connectivity index (χ3v) is 12.9. The zero-order chi connectivity index (χ0) is 50.2. The molecular weight excluding hydrogens is 932 g/mol. The van der Waals surface area contributed by atoms with Crippen LogP contribution < -0.4 is 25.2 Å². The third kappa shape index (κ3) is 11.8. The lowest BCUT2D eigenvalue weighted by molar-refractivity contribution is -0.144. The molecule has 3 fully saturated rings. The molecule has 2 saturated heterocycles. The van der Waals surface area contributed by atoms with E-state index in [9.17, 15) is 42.7 Å². The van der Waals surface area contributed by atoms with Crippen LogP contribution in [0.4, 0.5) is 24.5 Å². The van der Waals surface area contributed by atoms with Crippen molar-refractivity contribution in [2.24, 2.45) is 5.41 Å².